The fourth-order valence-corrected chi connectivity index (χ4v) is 3.75. The molecule has 1 heterocycles. The normalized spacial score (nSPS) is 16.3. The van der Waals surface area contributed by atoms with Crippen LogP contribution in [0.25, 0.3) is 10.9 Å². The molecule has 0 radical (unpaired) electrons. The second-order valence-corrected chi connectivity index (χ2v) is 6.78. The van der Waals surface area contributed by atoms with E-state index in [1.165, 1.54) is 15.7 Å². The highest BCUT2D eigenvalue weighted by Gasteiger charge is 2.22. The van der Waals surface area contributed by atoms with Crippen molar-refractivity contribution in [1.82, 2.24) is 14.9 Å². The van der Waals surface area contributed by atoms with Crippen molar-refractivity contribution in [3.05, 3.63) is 75.8 Å². The minimum Gasteiger partial charge on any atom is -0.348 e. The third kappa shape index (κ3) is 3.01. The number of nitrogens with one attached hydrogen (secondary N) is 1. The Kier molecular flexibility index (Phi) is 4.29. The van der Waals surface area contributed by atoms with Crippen molar-refractivity contribution >= 4 is 16.8 Å². The van der Waals surface area contributed by atoms with Gasteiger partial charge in [0, 0.05) is 0 Å². The summed E-state index contributed by atoms with van der Waals surface area (Å²) in [7, 11) is 0. The molecule has 5 nitrogen and oxygen atoms in total. The Balaban J connectivity index is 1.58. The summed E-state index contributed by atoms with van der Waals surface area (Å²) in [6, 6.07) is 15.5. The van der Waals surface area contributed by atoms with Crippen LogP contribution in [0.2, 0.25) is 0 Å². The maximum atomic E-state index is 12.7. The Morgan fingerprint density at radius 1 is 1.19 bits per heavy atom. The van der Waals surface area contributed by atoms with E-state index in [0.717, 1.165) is 19.3 Å². The number of carbonyl (C=O) groups is 1. The minimum absolute atomic E-state index is 0.0110. The minimum atomic E-state index is -0.174. The average molecular weight is 347 g/mol. The molecule has 26 heavy (non-hydrogen) atoms. The highest BCUT2D eigenvalue weighted by molar-refractivity contribution is 5.79. The van der Waals surface area contributed by atoms with Crippen molar-refractivity contribution in [1.29, 1.82) is 0 Å². The molecule has 0 saturated carbocycles. The van der Waals surface area contributed by atoms with E-state index in [-0.39, 0.29) is 24.1 Å². The van der Waals surface area contributed by atoms with Gasteiger partial charge in [-0.2, -0.15) is 0 Å². The molecule has 0 unspecified atom stereocenters. The smallest absolute Gasteiger partial charge is 0.261 e. The molecule has 5 heteroatoms. The molecule has 1 aromatic heterocycles. The molecule has 0 aliphatic heterocycles. The van der Waals surface area contributed by atoms with Crippen molar-refractivity contribution in [2.24, 2.45) is 0 Å². The van der Waals surface area contributed by atoms with Gasteiger partial charge in [-0.3, -0.25) is 14.2 Å². The lowest BCUT2D eigenvalue weighted by atomic mass is 9.88. The van der Waals surface area contributed by atoms with E-state index in [1.807, 2.05) is 30.3 Å². The predicted molar refractivity (Wildman–Crippen MR) is 101 cm³/mol. The van der Waals surface area contributed by atoms with Crippen LogP contribution in [0.1, 0.15) is 35.8 Å². The summed E-state index contributed by atoms with van der Waals surface area (Å²) >= 11 is 0. The van der Waals surface area contributed by atoms with Crippen molar-refractivity contribution in [3.63, 3.8) is 0 Å². The molecule has 2 aromatic carbocycles. The number of benzene rings is 2. The van der Waals surface area contributed by atoms with Crippen LogP contribution in [0.4, 0.5) is 0 Å². The Hall–Kier alpha value is -2.95. The first-order valence-corrected chi connectivity index (χ1v) is 8.97. The van der Waals surface area contributed by atoms with E-state index < -0.39 is 0 Å². The Morgan fingerprint density at radius 3 is 2.85 bits per heavy atom. The van der Waals surface area contributed by atoms with E-state index in [0.29, 0.717) is 16.7 Å². The third-order valence-corrected chi connectivity index (χ3v) is 5.06. The standard InChI is InChI=1S/C21H21N3O2/c1-14-22-19-11-5-4-10-17(19)21(26)24(14)13-20(25)23-18-12-6-8-15-7-2-3-9-16(15)18/h2-5,7,9-11,18H,6,8,12-13H2,1H3,(H,23,25)/t18-/m0/s1. The molecule has 0 saturated heterocycles. The Morgan fingerprint density at radius 2 is 1.96 bits per heavy atom. The van der Waals surface area contributed by atoms with Gasteiger partial charge < -0.3 is 5.32 Å². The first-order valence-electron chi connectivity index (χ1n) is 8.97. The highest BCUT2D eigenvalue weighted by Crippen LogP contribution is 2.29. The van der Waals surface area contributed by atoms with Crippen molar-refractivity contribution in [2.45, 2.75) is 38.8 Å². The first kappa shape index (κ1) is 16.5. The quantitative estimate of drug-likeness (QED) is 0.792. The summed E-state index contributed by atoms with van der Waals surface area (Å²) in [5.74, 6) is 0.391. The molecule has 0 bridgehead atoms. The lowest BCUT2D eigenvalue weighted by Gasteiger charge is -2.26. The Bertz CT molecular complexity index is 1040. The molecule has 0 fully saturated rings. The van der Waals surface area contributed by atoms with Gasteiger partial charge in [0.25, 0.3) is 5.56 Å². The number of aryl methyl sites for hydroxylation is 2. The van der Waals surface area contributed by atoms with Crippen molar-refractivity contribution < 1.29 is 4.79 Å². The van der Waals surface area contributed by atoms with Gasteiger partial charge in [0.1, 0.15) is 12.4 Å². The monoisotopic (exact) mass is 347 g/mol. The molecular formula is C21H21N3O2. The van der Waals surface area contributed by atoms with Gasteiger partial charge in [-0.05, 0) is 49.4 Å². The molecule has 132 valence electrons. The summed E-state index contributed by atoms with van der Waals surface area (Å²) in [6.45, 7) is 1.75. The fraction of sp³-hybridized carbons (Fsp3) is 0.286. The van der Waals surface area contributed by atoms with Crippen LogP contribution in [0.3, 0.4) is 0 Å². The van der Waals surface area contributed by atoms with Crippen LogP contribution in [0.15, 0.2) is 53.3 Å². The molecule has 1 amide bonds. The van der Waals surface area contributed by atoms with Gasteiger partial charge in [-0.1, -0.05) is 36.4 Å². The number of para-hydroxylation sites is 1. The zero-order chi connectivity index (χ0) is 18.1. The van der Waals surface area contributed by atoms with E-state index in [2.05, 4.69) is 22.4 Å². The van der Waals surface area contributed by atoms with Gasteiger partial charge in [0.05, 0.1) is 16.9 Å². The number of aromatic nitrogens is 2. The second-order valence-electron chi connectivity index (χ2n) is 6.78. The van der Waals surface area contributed by atoms with E-state index in [4.69, 9.17) is 0 Å². The topological polar surface area (TPSA) is 64.0 Å². The highest BCUT2D eigenvalue weighted by atomic mass is 16.2. The summed E-state index contributed by atoms with van der Waals surface area (Å²) in [4.78, 5) is 29.8. The summed E-state index contributed by atoms with van der Waals surface area (Å²) in [6.07, 6.45) is 3.03. The third-order valence-electron chi connectivity index (χ3n) is 5.06. The first-order chi connectivity index (χ1) is 12.6. The van der Waals surface area contributed by atoms with E-state index in [1.54, 1.807) is 13.0 Å². The van der Waals surface area contributed by atoms with Crippen LogP contribution in [-0.2, 0) is 17.8 Å². The molecule has 3 aromatic rings. The molecule has 0 spiro atoms. The summed E-state index contributed by atoms with van der Waals surface area (Å²) < 4.78 is 1.45. The largest absolute Gasteiger partial charge is 0.348 e. The van der Waals surface area contributed by atoms with Crippen LogP contribution in [0, 0.1) is 6.92 Å². The van der Waals surface area contributed by atoms with Crippen LogP contribution < -0.4 is 10.9 Å². The van der Waals surface area contributed by atoms with Crippen molar-refractivity contribution in [2.75, 3.05) is 0 Å². The zero-order valence-corrected chi connectivity index (χ0v) is 14.7. The van der Waals surface area contributed by atoms with E-state index in [9.17, 15) is 9.59 Å². The lowest BCUT2D eigenvalue weighted by molar-refractivity contribution is -0.122. The van der Waals surface area contributed by atoms with E-state index >= 15 is 0 Å². The van der Waals surface area contributed by atoms with Crippen LogP contribution in [-0.4, -0.2) is 15.5 Å². The van der Waals surface area contributed by atoms with Crippen molar-refractivity contribution in [3.8, 4) is 0 Å². The summed E-state index contributed by atoms with van der Waals surface area (Å²) in [5, 5.41) is 3.64. The average Bonchev–Trinajstić information content (AvgIpc) is 2.65. The fourth-order valence-electron chi connectivity index (χ4n) is 3.75. The van der Waals surface area contributed by atoms with Gasteiger partial charge in [-0.15, -0.1) is 0 Å². The number of fused-ring (bicyclic) bond motifs is 2. The molecule has 1 atom stereocenters. The molecule has 1 N–H and O–H groups in total. The number of hydrogen-bond acceptors (Lipinski definition) is 3. The van der Waals surface area contributed by atoms with Gasteiger partial charge in [-0.25, -0.2) is 4.98 Å². The summed E-state index contributed by atoms with van der Waals surface area (Å²) in [5.41, 5.74) is 2.97. The molecule has 1 aliphatic carbocycles. The SMILES string of the molecule is Cc1nc2ccccc2c(=O)n1CC(=O)N[C@H]1CCCc2ccccc21. The van der Waals surface area contributed by atoms with Gasteiger partial charge in [0.15, 0.2) is 0 Å². The lowest BCUT2D eigenvalue weighted by Crippen LogP contribution is -2.37. The number of rotatable bonds is 3. The molecule has 1 aliphatic rings. The van der Waals surface area contributed by atoms with Crippen LogP contribution in [0.5, 0.6) is 0 Å². The number of amides is 1. The second kappa shape index (κ2) is 6.75. The molecular weight excluding hydrogens is 326 g/mol. The number of hydrogen-bond donors (Lipinski definition) is 1. The van der Waals surface area contributed by atoms with Crippen LogP contribution >= 0.6 is 0 Å². The van der Waals surface area contributed by atoms with Gasteiger partial charge in [0.2, 0.25) is 5.91 Å². The Labute approximate surface area is 151 Å². The maximum absolute atomic E-state index is 12.7. The molecule has 4 rings (SSSR count). The zero-order valence-electron chi connectivity index (χ0n) is 14.7. The predicted octanol–water partition coefficient (Wildman–Crippen LogP) is 2.90. The number of carbonyl (C=O) groups excluding carboxylic acids is 1. The number of nitrogens with zero attached hydrogens (tertiary/aromatic N) is 2. The van der Waals surface area contributed by atoms with Gasteiger partial charge >= 0.3 is 0 Å². The maximum Gasteiger partial charge on any atom is 0.261 e.